The number of hydrogen-bond acceptors (Lipinski definition) is 2. The van der Waals surface area contributed by atoms with Crippen molar-refractivity contribution in [2.45, 2.75) is 58.9 Å². The van der Waals surface area contributed by atoms with Gasteiger partial charge in [0.2, 0.25) is 5.54 Å². The van der Waals surface area contributed by atoms with Crippen molar-refractivity contribution >= 4 is 0 Å². The molecule has 0 atom stereocenters. The summed E-state index contributed by atoms with van der Waals surface area (Å²) in [5.41, 5.74) is -0.348. The van der Waals surface area contributed by atoms with Crippen LogP contribution in [0.4, 0.5) is 0 Å². The second kappa shape index (κ2) is 3.52. The van der Waals surface area contributed by atoms with Gasteiger partial charge in [-0.1, -0.05) is 20.8 Å². The molecule has 0 aromatic carbocycles. The van der Waals surface area contributed by atoms with Gasteiger partial charge < -0.3 is 0 Å². The van der Waals surface area contributed by atoms with E-state index in [2.05, 4.69) is 20.8 Å². The van der Waals surface area contributed by atoms with E-state index in [0.29, 0.717) is 11.3 Å². The van der Waals surface area contributed by atoms with Crippen molar-refractivity contribution in [1.29, 1.82) is 0 Å². The summed E-state index contributed by atoms with van der Waals surface area (Å²) >= 11 is 0. The van der Waals surface area contributed by atoms with Crippen molar-refractivity contribution < 1.29 is 4.92 Å². The van der Waals surface area contributed by atoms with E-state index in [9.17, 15) is 10.1 Å². The maximum atomic E-state index is 10.8. The molecule has 0 aromatic rings. The SMILES string of the molecule is CC(C)(C)C1CCC(C)([N+](=O)[O-])CC1. The molecule has 0 heterocycles. The van der Waals surface area contributed by atoms with Gasteiger partial charge in [0.15, 0.2) is 0 Å². The third kappa shape index (κ3) is 2.25. The molecule has 1 fully saturated rings. The molecule has 1 aliphatic carbocycles. The first-order chi connectivity index (χ1) is 6.26. The Kier molecular flexibility index (Phi) is 2.88. The number of hydrogen-bond donors (Lipinski definition) is 0. The Balaban J connectivity index is 2.59. The lowest BCUT2D eigenvalue weighted by molar-refractivity contribution is -0.570. The summed E-state index contributed by atoms with van der Waals surface area (Å²) in [7, 11) is 0. The van der Waals surface area contributed by atoms with Crippen LogP contribution in [0, 0.1) is 21.4 Å². The molecule has 0 aromatic heterocycles. The molecule has 0 spiro atoms. The second-order valence-electron chi connectivity index (χ2n) is 5.89. The van der Waals surface area contributed by atoms with Crippen LogP contribution >= 0.6 is 0 Å². The molecular weight excluding hydrogens is 178 g/mol. The molecule has 1 rings (SSSR count). The van der Waals surface area contributed by atoms with E-state index < -0.39 is 5.54 Å². The Bertz CT molecular complexity index is 222. The minimum atomic E-state index is -0.651. The highest BCUT2D eigenvalue weighted by molar-refractivity contribution is 4.86. The zero-order valence-electron chi connectivity index (χ0n) is 9.67. The third-order valence-electron chi connectivity index (χ3n) is 3.73. The summed E-state index contributed by atoms with van der Waals surface area (Å²) < 4.78 is 0. The molecule has 82 valence electrons. The van der Waals surface area contributed by atoms with Crippen molar-refractivity contribution in [3.05, 3.63) is 10.1 Å². The van der Waals surface area contributed by atoms with Gasteiger partial charge in [0.1, 0.15) is 0 Å². The van der Waals surface area contributed by atoms with Crippen molar-refractivity contribution in [2.75, 3.05) is 0 Å². The third-order valence-corrected chi connectivity index (χ3v) is 3.73. The maximum Gasteiger partial charge on any atom is 0.219 e. The summed E-state index contributed by atoms with van der Waals surface area (Å²) in [5, 5.41) is 10.8. The second-order valence-corrected chi connectivity index (χ2v) is 5.89. The van der Waals surface area contributed by atoms with Crippen molar-refractivity contribution in [1.82, 2.24) is 0 Å². The molecule has 0 unspecified atom stereocenters. The predicted octanol–water partition coefficient (Wildman–Crippen LogP) is 3.26. The van der Waals surface area contributed by atoms with E-state index >= 15 is 0 Å². The molecule has 1 aliphatic rings. The molecule has 0 N–H and O–H groups in total. The number of nitrogens with zero attached hydrogens (tertiary/aromatic N) is 1. The molecule has 3 heteroatoms. The van der Waals surface area contributed by atoms with Crippen LogP contribution in [0.25, 0.3) is 0 Å². The van der Waals surface area contributed by atoms with E-state index in [4.69, 9.17) is 0 Å². The largest absolute Gasteiger partial charge is 0.264 e. The lowest BCUT2D eigenvalue weighted by atomic mass is 9.68. The molecular formula is C11H21NO2. The Labute approximate surface area is 86.0 Å². The van der Waals surface area contributed by atoms with Crippen LogP contribution in [0.5, 0.6) is 0 Å². The normalized spacial score (nSPS) is 34.1. The zero-order chi connectivity index (χ0) is 11.0. The van der Waals surface area contributed by atoms with E-state index in [1.54, 1.807) is 6.92 Å². The van der Waals surface area contributed by atoms with Crippen LogP contribution in [-0.4, -0.2) is 10.5 Å². The average molecular weight is 199 g/mol. The zero-order valence-corrected chi connectivity index (χ0v) is 9.67. The van der Waals surface area contributed by atoms with Gasteiger partial charge in [-0.15, -0.1) is 0 Å². The highest BCUT2D eigenvalue weighted by Crippen LogP contribution is 2.42. The summed E-state index contributed by atoms with van der Waals surface area (Å²) in [6.07, 6.45) is 3.48. The van der Waals surface area contributed by atoms with Crippen LogP contribution in [-0.2, 0) is 0 Å². The summed E-state index contributed by atoms with van der Waals surface area (Å²) in [6.45, 7) is 8.47. The fourth-order valence-electron chi connectivity index (χ4n) is 2.29. The van der Waals surface area contributed by atoms with E-state index in [1.807, 2.05) is 0 Å². The van der Waals surface area contributed by atoms with Crippen LogP contribution < -0.4 is 0 Å². The maximum absolute atomic E-state index is 10.8. The highest BCUT2D eigenvalue weighted by atomic mass is 16.6. The first-order valence-corrected chi connectivity index (χ1v) is 5.40. The van der Waals surface area contributed by atoms with Crippen LogP contribution in [0.1, 0.15) is 53.4 Å². The van der Waals surface area contributed by atoms with Gasteiger partial charge in [-0.2, -0.15) is 0 Å². The van der Waals surface area contributed by atoms with Crippen molar-refractivity contribution in [3.63, 3.8) is 0 Å². The molecule has 3 nitrogen and oxygen atoms in total. The first-order valence-electron chi connectivity index (χ1n) is 5.40. The van der Waals surface area contributed by atoms with Gasteiger partial charge in [-0.25, -0.2) is 0 Å². The minimum Gasteiger partial charge on any atom is -0.264 e. The van der Waals surface area contributed by atoms with Gasteiger partial charge in [0.05, 0.1) is 0 Å². The smallest absolute Gasteiger partial charge is 0.219 e. The molecule has 0 saturated heterocycles. The molecule has 0 amide bonds. The molecule has 0 radical (unpaired) electrons. The first kappa shape index (κ1) is 11.5. The van der Waals surface area contributed by atoms with E-state index in [-0.39, 0.29) is 4.92 Å². The average Bonchev–Trinajstić information content (AvgIpc) is 2.03. The van der Waals surface area contributed by atoms with Crippen molar-refractivity contribution in [3.8, 4) is 0 Å². The van der Waals surface area contributed by atoms with Gasteiger partial charge in [-0.3, -0.25) is 10.1 Å². The molecule has 0 aliphatic heterocycles. The lowest BCUT2D eigenvalue weighted by Crippen LogP contribution is -2.41. The van der Waals surface area contributed by atoms with E-state index in [0.717, 1.165) is 25.7 Å². The number of rotatable bonds is 1. The van der Waals surface area contributed by atoms with Gasteiger partial charge in [-0.05, 0) is 24.2 Å². The summed E-state index contributed by atoms with van der Waals surface area (Å²) in [5.74, 6) is 0.649. The Morgan fingerprint density at radius 2 is 1.71 bits per heavy atom. The van der Waals surface area contributed by atoms with Gasteiger partial charge in [0.25, 0.3) is 0 Å². The quantitative estimate of drug-likeness (QED) is 0.480. The van der Waals surface area contributed by atoms with Crippen LogP contribution in [0.15, 0.2) is 0 Å². The van der Waals surface area contributed by atoms with Crippen LogP contribution in [0.2, 0.25) is 0 Å². The topological polar surface area (TPSA) is 43.1 Å². The molecule has 0 bridgehead atoms. The Morgan fingerprint density at radius 1 is 1.29 bits per heavy atom. The fourth-order valence-corrected chi connectivity index (χ4v) is 2.29. The number of nitro groups is 1. The Hall–Kier alpha value is -0.600. The van der Waals surface area contributed by atoms with Gasteiger partial charge in [0, 0.05) is 24.7 Å². The minimum absolute atomic E-state index is 0.0914. The summed E-state index contributed by atoms with van der Waals surface area (Å²) in [6, 6.07) is 0. The monoisotopic (exact) mass is 199 g/mol. The predicted molar refractivity (Wildman–Crippen MR) is 56.8 cm³/mol. The van der Waals surface area contributed by atoms with E-state index in [1.165, 1.54) is 0 Å². The molecule has 14 heavy (non-hydrogen) atoms. The fraction of sp³-hybridized carbons (Fsp3) is 1.00. The van der Waals surface area contributed by atoms with Crippen molar-refractivity contribution in [2.24, 2.45) is 11.3 Å². The van der Waals surface area contributed by atoms with Gasteiger partial charge >= 0.3 is 0 Å². The Morgan fingerprint density at radius 3 is 2.00 bits per heavy atom. The molecule has 1 saturated carbocycles. The lowest BCUT2D eigenvalue weighted by Gasteiger charge is -2.37. The van der Waals surface area contributed by atoms with Crippen LogP contribution in [0.3, 0.4) is 0 Å². The summed E-state index contributed by atoms with van der Waals surface area (Å²) in [4.78, 5) is 10.7. The highest BCUT2D eigenvalue weighted by Gasteiger charge is 2.43. The standard InChI is InChI=1S/C11H21NO2/c1-10(2,3)9-5-7-11(4,8-6-9)12(13)14/h9H,5-8H2,1-4H3.